The lowest BCUT2D eigenvalue weighted by atomic mass is 10.1. The Morgan fingerprint density at radius 2 is 1.96 bits per heavy atom. The number of fused-ring (bicyclic) bond motifs is 1. The van der Waals surface area contributed by atoms with Gasteiger partial charge in [0, 0.05) is 31.2 Å². The normalized spacial score (nSPS) is 11.1. The van der Waals surface area contributed by atoms with Crippen molar-refractivity contribution in [3.05, 3.63) is 69.8 Å². The number of carbonyl (C=O) groups is 1. The maximum absolute atomic E-state index is 13.9. The van der Waals surface area contributed by atoms with Gasteiger partial charge in [-0.1, -0.05) is 12.1 Å². The van der Waals surface area contributed by atoms with Crippen LogP contribution >= 0.6 is 0 Å². The van der Waals surface area contributed by atoms with Crippen molar-refractivity contribution >= 4 is 16.9 Å². The Morgan fingerprint density at radius 1 is 1.19 bits per heavy atom. The number of esters is 1. The summed E-state index contributed by atoms with van der Waals surface area (Å²) in [6.07, 6.45) is 3.92. The lowest BCUT2D eigenvalue weighted by Crippen LogP contribution is -2.20. The van der Waals surface area contributed by atoms with E-state index in [0.717, 1.165) is 6.07 Å². The van der Waals surface area contributed by atoms with Gasteiger partial charge in [-0.15, -0.1) is 0 Å². The van der Waals surface area contributed by atoms with Crippen LogP contribution in [0.15, 0.2) is 41.5 Å². The molecular weight excluding hydrogens is 354 g/mol. The van der Waals surface area contributed by atoms with Gasteiger partial charge in [0.1, 0.15) is 6.54 Å². The Hall–Kier alpha value is -2.96. The predicted octanol–water partition coefficient (Wildman–Crippen LogP) is 2.97. The van der Waals surface area contributed by atoms with E-state index in [0.29, 0.717) is 16.6 Å². The first kappa shape index (κ1) is 18.8. The van der Waals surface area contributed by atoms with E-state index in [1.54, 1.807) is 35.5 Å². The lowest BCUT2D eigenvalue weighted by molar-refractivity contribution is -0.143. The zero-order valence-electron chi connectivity index (χ0n) is 15.2. The summed E-state index contributed by atoms with van der Waals surface area (Å²) in [6, 6.07) is 5.46. The van der Waals surface area contributed by atoms with Crippen molar-refractivity contribution < 1.29 is 18.3 Å². The molecule has 0 saturated heterocycles. The van der Waals surface area contributed by atoms with Gasteiger partial charge in [-0.2, -0.15) is 0 Å². The average Bonchev–Trinajstić information content (AvgIpc) is 3.01. The number of aryl methyl sites for hydroxylation is 3. The van der Waals surface area contributed by atoms with Crippen LogP contribution in [0.4, 0.5) is 8.78 Å². The van der Waals surface area contributed by atoms with Gasteiger partial charge in [-0.25, -0.2) is 8.78 Å². The van der Waals surface area contributed by atoms with E-state index in [2.05, 4.69) is 0 Å². The highest BCUT2D eigenvalue weighted by Gasteiger charge is 2.15. The first-order valence-electron chi connectivity index (χ1n) is 8.67. The van der Waals surface area contributed by atoms with E-state index in [1.165, 1.54) is 18.2 Å². The Morgan fingerprint density at radius 3 is 2.70 bits per heavy atom. The topological polar surface area (TPSA) is 53.2 Å². The molecule has 0 atom stereocenters. The van der Waals surface area contributed by atoms with Crippen LogP contribution in [0.2, 0.25) is 0 Å². The highest BCUT2D eigenvalue weighted by molar-refractivity contribution is 5.81. The summed E-state index contributed by atoms with van der Waals surface area (Å²) < 4.78 is 35.8. The molecule has 0 amide bonds. The third kappa shape index (κ3) is 3.92. The second-order valence-corrected chi connectivity index (χ2v) is 6.33. The zero-order valence-corrected chi connectivity index (χ0v) is 15.2. The van der Waals surface area contributed by atoms with Crippen molar-refractivity contribution in [2.45, 2.75) is 26.3 Å². The summed E-state index contributed by atoms with van der Waals surface area (Å²) in [7, 11) is 1.79. The summed E-state index contributed by atoms with van der Waals surface area (Å²) in [5, 5.41) is 0.488. The molecule has 2 heterocycles. The Kier molecular flexibility index (Phi) is 5.39. The average molecular weight is 374 g/mol. The Labute approximate surface area is 154 Å². The first-order valence-corrected chi connectivity index (χ1v) is 8.67. The fourth-order valence-corrected chi connectivity index (χ4v) is 3.17. The molecular formula is C20H20F2N2O3. The molecule has 0 spiro atoms. The molecule has 0 saturated carbocycles. The molecule has 0 radical (unpaired) electrons. The van der Waals surface area contributed by atoms with Crippen molar-refractivity contribution in [3.63, 3.8) is 0 Å². The van der Waals surface area contributed by atoms with Gasteiger partial charge < -0.3 is 13.9 Å². The molecule has 0 N–H and O–H groups in total. The summed E-state index contributed by atoms with van der Waals surface area (Å²) in [5.74, 6) is -2.23. The number of nitrogens with zero attached hydrogens (tertiary/aromatic N) is 2. The molecule has 5 nitrogen and oxygen atoms in total. The van der Waals surface area contributed by atoms with Gasteiger partial charge in [-0.3, -0.25) is 9.59 Å². The number of aromatic nitrogens is 2. The lowest BCUT2D eigenvalue weighted by Gasteiger charge is -2.15. The van der Waals surface area contributed by atoms with Crippen LogP contribution in [0.1, 0.15) is 18.2 Å². The highest BCUT2D eigenvalue weighted by Crippen LogP contribution is 2.18. The Balaban J connectivity index is 2.01. The van der Waals surface area contributed by atoms with E-state index >= 15 is 0 Å². The molecule has 3 aromatic rings. The number of rotatable bonds is 6. The number of pyridine rings is 1. The zero-order chi connectivity index (χ0) is 19.6. The number of benzene rings is 1. The van der Waals surface area contributed by atoms with Crippen LogP contribution in [-0.2, 0) is 36.0 Å². The fraction of sp³-hybridized carbons (Fsp3) is 0.300. The van der Waals surface area contributed by atoms with Gasteiger partial charge in [-0.05, 0) is 31.4 Å². The summed E-state index contributed by atoms with van der Waals surface area (Å²) in [6.45, 7) is 1.91. The van der Waals surface area contributed by atoms with Crippen molar-refractivity contribution in [3.8, 4) is 0 Å². The number of halogens is 2. The second kappa shape index (κ2) is 7.73. The van der Waals surface area contributed by atoms with E-state index in [-0.39, 0.29) is 37.0 Å². The van der Waals surface area contributed by atoms with Crippen molar-refractivity contribution in [2.75, 3.05) is 6.61 Å². The van der Waals surface area contributed by atoms with E-state index in [9.17, 15) is 18.4 Å². The van der Waals surface area contributed by atoms with Gasteiger partial charge in [0.2, 0.25) is 0 Å². The molecule has 0 fully saturated rings. The monoisotopic (exact) mass is 374 g/mol. The SMILES string of the molecule is CCOC(=O)Cn1c(CCc2cccc(F)c2F)cc(=O)c2cn(C)cc21. The smallest absolute Gasteiger partial charge is 0.325 e. The van der Waals surface area contributed by atoms with Crippen LogP contribution in [0.25, 0.3) is 10.9 Å². The van der Waals surface area contributed by atoms with Crippen LogP contribution < -0.4 is 5.43 Å². The number of ether oxygens (including phenoxy) is 1. The van der Waals surface area contributed by atoms with Gasteiger partial charge >= 0.3 is 5.97 Å². The van der Waals surface area contributed by atoms with Crippen LogP contribution in [0.5, 0.6) is 0 Å². The van der Waals surface area contributed by atoms with Crippen molar-refractivity contribution in [1.29, 1.82) is 0 Å². The summed E-state index contributed by atoms with van der Waals surface area (Å²) in [4.78, 5) is 24.5. The minimum absolute atomic E-state index is 0.0599. The Bertz CT molecular complexity index is 1050. The van der Waals surface area contributed by atoms with Gasteiger partial charge in [0.25, 0.3) is 0 Å². The number of hydrogen-bond donors (Lipinski definition) is 0. The molecule has 0 aliphatic rings. The summed E-state index contributed by atoms with van der Waals surface area (Å²) >= 11 is 0. The maximum atomic E-state index is 13.9. The van der Waals surface area contributed by atoms with E-state index in [1.807, 2.05) is 0 Å². The molecule has 7 heteroatoms. The van der Waals surface area contributed by atoms with Crippen molar-refractivity contribution in [2.24, 2.45) is 7.05 Å². The molecule has 27 heavy (non-hydrogen) atoms. The molecule has 0 aliphatic carbocycles. The maximum Gasteiger partial charge on any atom is 0.325 e. The molecule has 0 bridgehead atoms. The van der Waals surface area contributed by atoms with Crippen LogP contribution in [0, 0.1) is 11.6 Å². The van der Waals surface area contributed by atoms with Gasteiger partial charge in [0.05, 0.1) is 17.5 Å². The molecule has 0 unspecified atom stereocenters. The third-order valence-corrected chi connectivity index (χ3v) is 4.41. The van der Waals surface area contributed by atoms with Gasteiger partial charge in [0.15, 0.2) is 17.1 Å². The standard InChI is InChI=1S/C20H20F2N2O3/c1-3-27-19(26)12-24-14(8-7-13-5-4-6-16(21)20(13)22)9-18(25)15-10-23(2)11-17(15)24/h4-6,9-11H,3,7-8,12H2,1-2H3. The third-order valence-electron chi connectivity index (χ3n) is 4.41. The van der Waals surface area contributed by atoms with E-state index in [4.69, 9.17) is 4.74 Å². The van der Waals surface area contributed by atoms with E-state index < -0.39 is 17.6 Å². The predicted molar refractivity (Wildman–Crippen MR) is 97.6 cm³/mol. The minimum Gasteiger partial charge on any atom is -0.465 e. The fourth-order valence-electron chi connectivity index (χ4n) is 3.17. The molecule has 1 aromatic carbocycles. The number of hydrogen-bond acceptors (Lipinski definition) is 3. The number of carbonyl (C=O) groups excluding carboxylic acids is 1. The molecule has 2 aromatic heterocycles. The minimum atomic E-state index is -0.907. The molecule has 3 rings (SSSR count). The quantitative estimate of drug-likeness (QED) is 0.624. The van der Waals surface area contributed by atoms with Crippen molar-refractivity contribution in [1.82, 2.24) is 9.13 Å². The highest BCUT2D eigenvalue weighted by atomic mass is 19.2. The first-order chi connectivity index (χ1) is 12.9. The van der Waals surface area contributed by atoms with Crippen LogP contribution in [0.3, 0.4) is 0 Å². The molecule has 142 valence electrons. The second-order valence-electron chi connectivity index (χ2n) is 6.33. The summed E-state index contributed by atoms with van der Waals surface area (Å²) in [5.41, 5.74) is 1.21. The molecule has 0 aliphatic heterocycles. The van der Waals surface area contributed by atoms with Crippen LogP contribution in [-0.4, -0.2) is 21.7 Å². The largest absolute Gasteiger partial charge is 0.465 e.